The van der Waals surface area contributed by atoms with Crippen molar-refractivity contribution in [3.8, 4) is 0 Å². The average molecular weight is 207 g/mol. The minimum atomic E-state index is 1.18. The van der Waals surface area contributed by atoms with Crippen molar-refractivity contribution >= 4 is 7.28 Å². The van der Waals surface area contributed by atoms with E-state index in [1.165, 1.54) is 45.2 Å². The Labute approximate surface area is 95.6 Å². The molecule has 0 N–H and O–H groups in total. The summed E-state index contributed by atoms with van der Waals surface area (Å²) in [4.78, 5) is 4.97. The summed E-state index contributed by atoms with van der Waals surface area (Å²) in [6.45, 7) is 8.90. The molecule has 0 aromatic heterocycles. The van der Waals surface area contributed by atoms with E-state index in [1.807, 2.05) is 13.8 Å². The fourth-order valence-electron chi connectivity index (χ4n) is 2.07. The molecule has 2 aliphatic heterocycles. The molecule has 2 rings (SSSR count). The van der Waals surface area contributed by atoms with Gasteiger partial charge in [-0.2, -0.15) is 0 Å². The lowest BCUT2D eigenvalue weighted by Crippen LogP contribution is -2.44. The van der Waals surface area contributed by atoms with Crippen molar-refractivity contribution in [2.75, 3.05) is 33.2 Å². The number of hydrogen-bond donors (Lipinski definition) is 0. The molecular weight excluding hydrogens is 183 g/mol. The highest BCUT2D eigenvalue weighted by atomic mass is 15.2. The van der Waals surface area contributed by atoms with Crippen LogP contribution in [0, 0.1) is 0 Å². The van der Waals surface area contributed by atoms with Crippen LogP contribution in [0.15, 0.2) is 11.8 Å². The van der Waals surface area contributed by atoms with E-state index in [4.69, 9.17) is 0 Å². The Bertz CT molecular complexity index is 196. The van der Waals surface area contributed by atoms with Gasteiger partial charge in [-0.3, -0.25) is 0 Å². The Balaban J connectivity index is 0.000000531. The maximum absolute atomic E-state index is 2.56. The summed E-state index contributed by atoms with van der Waals surface area (Å²) in [7, 11) is 4.58. The van der Waals surface area contributed by atoms with Gasteiger partial charge < -0.3 is 9.80 Å². The lowest BCUT2D eigenvalue weighted by atomic mass is 9.66. The lowest BCUT2D eigenvalue weighted by Gasteiger charge is -2.36. The fourth-order valence-corrected chi connectivity index (χ4v) is 2.07. The number of allylic oxidation sites excluding steroid dienone is 2. The Morgan fingerprint density at radius 2 is 1.80 bits per heavy atom. The first-order valence-corrected chi connectivity index (χ1v) is 6.30. The molecule has 0 aromatic carbocycles. The highest BCUT2D eigenvalue weighted by molar-refractivity contribution is 6.36. The van der Waals surface area contributed by atoms with Gasteiger partial charge in [-0.25, -0.2) is 0 Å². The second kappa shape index (κ2) is 6.94. The van der Waals surface area contributed by atoms with Crippen LogP contribution < -0.4 is 0 Å². The first kappa shape index (κ1) is 12.6. The van der Waals surface area contributed by atoms with Crippen LogP contribution in [-0.4, -0.2) is 50.3 Å². The van der Waals surface area contributed by atoms with Gasteiger partial charge in [0.2, 0.25) is 0 Å². The second-order valence-corrected chi connectivity index (χ2v) is 4.05. The Hall–Kier alpha value is -0.435. The average Bonchev–Trinajstić information content (AvgIpc) is 2.34. The van der Waals surface area contributed by atoms with Crippen molar-refractivity contribution in [2.24, 2.45) is 0 Å². The molecule has 2 heterocycles. The predicted octanol–water partition coefficient (Wildman–Crippen LogP) is 2.09. The van der Waals surface area contributed by atoms with E-state index in [1.54, 1.807) is 5.70 Å². The normalized spacial score (nSPS) is 22.3. The van der Waals surface area contributed by atoms with Gasteiger partial charge in [0.05, 0.1) is 0 Å². The van der Waals surface area contributed by atoms with Gasteiger partial charge in [0.25, 0.3) is 0 Å². The Kier molecular flexibility index (Phi) is 5.85. The number of rotatable bonds is 1. The van der Waals surface area contributed by atoms with Gasteiger partial charge in [-0.05, 0) is 13.5 Å². The SMILES string of the molecule is CC.CN1CCN(C2=CC[B]CC2)CC1. The fraction of sp³-hybridized carbons (Fsp3) is 0.833. The molecule has 85 valence electrons. The maximum Gasteiger partial charge on any atom is 0.115 e. The number of nitrogens with zero attached hydrogens (tertiary/aromatic N) is 2. The van der Waals surface area contributed by atoms with Gasteiger partial charge in [0, 0.05) is 31.9 Å². The molecule has 1 fully saturated rings. The molecule has 1 radical (unpaired) electrons. The summed E-state index contributed by atoms with van der Waals surface area (Å²) in [5.41, 5.74) is 1.59. The molecule has 2 aliphatic rings. The van der Waals surface area contributed by atoms with Gasteiger partial charge in [-0.15, -0.1) is 0 Å². The molecule has 2 nitrogen and oxygen atoms in total. The predicted molar refractivity (Wildman–Crippen MR) is 68.5 cm³/mol. The van der Waals surface area contributed by atoms with Crippen LogP contribution in [0.2, 0.25) is 12.6 Å². The van der Waals surface area contributed by atoms with Crippen molar-refractivity contribution in [3.63, 3.8) is 0 Å². The summed E-state index contributed by atoms with van der Waals surface area (Å²) in [6.07, 6.45) is 6.12. The third-order valence-electron chi connectivity index (χ3n) is 3.03. The highest BCUT2D eigenvalue weighted by Gasteiger charge is 2.17. The number of likely N-dealkylation sites (N-methyl/N-ethyl adjacent to an activating group) is 1. The first-order chi connectivity index (χ1) is 7.36. The van der Waals surface area contributed by atoms with E-state index in [-0.39, 0.29) is 0 Å². The molecular formula is C12H24BN2. The minimum absolute atomic E-state index is 1.18. The topological polar surface area (TPSA) is 6.48 Å². The van der Waals surface area contributed by atoms with E-state index in [9.17, 15) is 0 Å². The van der Waals surface area contributed by atoms with Gasteiger partial charge in [-0.1, -0.05) is 32.6 Å². The highest BCUT2D eigenvalue weighted by Crippen LogP contribution is 2.19. The van der Waals surface area contributed by atoms with Crippen LogP contribution in [0.25, 0.3) is 0 Å². The molecule has 1 saturated heterocycles. The molecule has 0 amide bonds. The largest absolute Gasteiger partial charge is 0.373 e. The van der Waals surface area contributed by atoms with E-state index >= 15 is 0 Å². The molecule has 15 heavy (non-hydrogen) atoms. The molecule has 0 unspecified atom stereocenters. The summed E-state index contributed by atoms with van der Waals surface area (Å²) in [5, 5.41) is 0. The standard InChI is InChI=1S/C10H18BN2.C2H6/c1-12-6-8-13(9-7-12)10-2-4-11-5-3-10;1-2/h2H,3-9H2,1H3;1-2H3. The zero-order valence-corrected chi connectivity index (χ0v) is 10.5. The van der Waals surface area contributed by atoms with Crippen LogP contribution in [0.5, 0.6) is 0 Å². The summed E-state index contributed by atoms with van der Waals surface area (Å²) >= 11 is 0. The van der Waals surface area contributed by atoms with Gasteiger partial charge >= 0.3 is 0 Å². The van der Waals surface area contributed by atoms with E-state index < -0.39 is 0 Å². The second-order valence-electron chi connectivity index (χ2n) is 4.05. The summed E-state index contributed by atoms with van der Waals surface area (Å²) < 4.78 is 0. The monoisotopic (exact) mass is 207 g/mol. The smallest absolute Gasteiger partial charge is 0.115 e. The van der Waals surface area contributed by atoms with Gasteiger partial charge in [0.15, 0.2) is 0 Å². The van der Waals surface area contributed by atoms with Crippen molar-refractivity contribution in [1.29, 1.82) is 0 Å². The number of piperazine rings is 1. The third kappa shape index (κ3) is 3.90. The summed E-state index contributed by atoms with van der Waals surface area (Å²) in [5.74, 6) is 0. The Morgan fingerprint density at radius 3 is 2.33 bits per heavy atom. The molecule has 0 saturated carbocycles. The van der Waals surface area contributed by atoms with Crippen LogP contribution in [-0.2, 0) is 0 Å². The van der Waals surface area contributed by atoms with Crippen LogP contribution in [0.4, 0.5) is 0 Å². The third-order valence-corrected chi connectivity index (χ3v) is 3.03. The van der Waals surface area contributed by atoms with Crippen molar-refractivity contribution in [3.05, 3.63) is 11.8 Å². The van der Waals surface area contributed by atoms with E-state index in [2.05, 4.69) is 30.2 Å². The molecule has 0 atom stereocenters. The van der Waals surface area contributed by atoms with Crippen LogP contribution in [0.3, 0.4) is 0 Å². The molecule has 3 heteroatoms. The van der Waals surface area contributed by atoms with Gasteiger partial charge in [0.1, 0.15) is 7.28 Å². The van der Waals surface area contributed by atoms with Crippen molar-refractivity contribution in [2.45, 2.75) is 32.9 Å². The zero-order chi connectivity index (χ0) is 11.1. The quantitative estimate of drug-likeness (QED) is 0.607. The van der Waals surface area contributed by atoms with Crippen molar-refractivity contribution in [1.82, 2.24) is 9.80 Å². The maximum atomic E-state index is 2.56. The van der Waals surface area contributed by atoms with Crippen LogP contribution >= 0.6 is 0 Å². The lowest BCUT2D eigenvalue weighted by molar-refractivity contribution is 0.182. The Morgan fingerprint density at radius 1 is 1.13 bits per heavy atom. The molecule has 0 bridgehead atoms. The summed E-state index contributed by atoms with van der Waals surface area (Å²) in [6, 6.07) is 0. The van der Waals surface area contributed by atoms with Crippen molar-refractivity contribution < 1.29 is 0 Å². The number of hydrogen-bond acceptors (Lipinski definition) is 2. The molecule has 0 aromatic rings. The minimum Gasteiger partial charge on any atom is -0.373 e. The van der Waals surface area contributed by atoms with E-state index in [0.717, 1.165) is 0 Å². The first-order valence-electron chi connectivity index (χ1n) is 6.30. The molecule has 0 aliphatic carbocycles. The zero-order valence-electron chi connectivity index (χ0n) is 10.5. The van der Waals surface area contributed by atoms with Crippen LogP contribution in [0.1, 0.15) is 20.3 Å². The molecule has 0 spiro atoms. The van der Waals surface area contributed by atoms with E-state index in [0.29, 0.717) is 0 Å².